The van der Waals surface area contributed by atoms with Crippen LogP contribution in [0.5, 0.6) is 0 Å². The monoisotopic (exact) mass is 407 g/mol. The number of nitrogens with one attached hydrogen (secondary N) is 2. The quantitative estimate of drug-likeness (QED) is 0.790. The molecule has 3 rings (SSSR count). The van der Waals surface area contributed by atoms with Crippen LogP contribution >= 0.6 is 11.6 Å². The number of rotatable bonds is 5. The van der Waals surface area contributed by atoms with Crippen LogP contribution < -0.4 is 10.6 Å². The lowest BCUT2D eigenvalue weighted by molar-refractivity contribution is -0.130. The number of carbonyl (C=O) groups is 2. The molecule has 142 valence electrons. The van der Waals surface area contributed by atoms with Gasteiger partial charge < -0.3 is 10.6 Å². The Hall–Kier alpha value is -2.42. The number of sulfonamides is 1. The Morgan fingerprint density at radius 2 is 1.93 bits per heavy atom. The second-order valence-electron chi connectivity index (χ2n) is 6.00. The maximum absolute atomic E-state index is 12.9. The van der Waals surface area contributed by atoms with Crippen LogP contribution in [0.2, 0.25) is 5.02 Å². The van der Waals surface area contributed by atoms with E-state index in [0.717, 1.165) is 4.31 Å². The van der Waals surface area contributed by atoms with Crippen LogP contribution in [0, 0.1) is 0 Å². The van der Waals surface area contributed by atoms with Gasteiger partial charge >= 0.3 is 0 Å². The zero-order valence-electron chi connectivity index (χ0n) is 14.3. The molecule has 0 spiro atoms. The van der Waals surface area contributed by atoms with Crippen molar-refractivity contribution in [3.05, 3.63) is 59.6 Å². The van der Waals surface area contributed by atoms with Crippen LogP contribution in [0.3, 0.4) is 0 Å². The molecule has 7 nitrogen and oxygen atoms in total. The third-order valence-electron chi connectivity index (χ3n) is 4.12. The Morgan fingerprint density at radius 1 is 1.19 bits per heavy atom. The fourth-order valence-electron chi connectivity index (χ4n) is 2.86. The molecule has 0 saturated carbocycles. The summed E-state index contributed by atoms with van der Waals surface area (Å²) in [7, 11) is -3.90. The van der Waals surface area contributed by atoms with Crippen molar-refractivity contribution in [2.24, 2.45) is 0 Å². The third-order valence-corrected chi connectivity index (χ3v) is 6.28. The van der Waals surface area contributed by atoms with Crippen LogP contribution in [0.25, 0.3) is 0 Å². The molecule has 0 radical (unpaired) electrons. The summed E-state index contributed by atoms with van der Waals surface area (Å²) < 4.78 is 26.9. The molecule has 1 aliphatic rings. The predicted octanol–water partition coefficient (Wildman–Crippen LogP) is 1.86. The van der Waals surface area contributed by atoms with E-state index >= 15 is 0 Å². The summed E-state index contributed by atoms with van der Waals surface area (Å²) >= 11 is 5.89. The maximum atomic E-state index is 12.9. The van der Waals surface area contributed by atoms with Gasteiger partial charge in [0.05, 0.1) is 11.3 Å². The Kier molecular flexibility index (Phi) is 5.79. The van der Waals surface area contributed by atoms with E-state index in [2.05, 4.69) is 10.6 Å². The molecule has 1 saturated heterocycles. The van der Waals surface area contributed by atoms with E-state index in [9.17, 15) is 18.0 Å². The molecule has 1 unspecified atom stereocenters. The van der Waals surface area contributed by atoms with Crippen molar-refractivity contribution in [2.45, 2.75) is 17.4 Å². The van der Waals surface area contributed by atoms with Gasteiger partial charge in [-0.05, 0) is 30.3 Å². The number of hydrogen-bond acceptors (Lipinski definition) is 4. The summed E-state index contributed by atoms with van der Waals surface area (Å²) in [5, 5.41) is 5.71. The van der Waals surface area contributed by atoms with Gasteiger partial charge in [-0.2, -0.15) is 4.31 Å². The van der Waals surface area contributed by atoms with Crippen molar-refractivity contribution in [3.8, 4) is 0 Å². The SMILES string of the molecule is O=C(CC1C(=O)NCCN1S(=O)(=O)c1ccccc1)Nc1cccc(Cl)c1. The topological polar surface area (TPSA) is 95.6 Å². The van der Waals surface area contributed by atoms with E-state index in [1.54, 1.807) is 42.5 Å². The van der Waals surface area contributed by atoms with Crippen LogP contribution in [0.4, 0.5) is 5.69 Å². The number of piperazine rings is 1. The van der Waals surface area contributed by atoms with E-state index in [4.69, 9.17) is 11.6 Å². The molecular formula is C18H18ClN3O4S. The average Bonchev–Trinajstić information content (AvgIpc) is 2.64. The van der Waals surface area contributed by atoms with Gasteiger partial charge in [-0.25, -0.2) is 8.42 Å². The molecule has 0 aromatic heterocycles. The van der Waals surface area contributed by atoms with Crippen LogP contribution in [0.1, 0.15) is 6.42 Å². The zero-order chi connectivity index (χ0) is 19.4. The van der Waals surface area contributed by atoms with Crippen LogP contribution in [-0.2, 0) is 19.6 Å². The minimum Gasteiger partial charge on any atom is -0.353 e. The Morgan fingerprint density at radius 3 is 2.63 bits per heavy atom. The van der Waals surface area contributed by atoms with Crippen molar-refractivity contribution in [1.82, 2.24) is 9.62 Å². The highest BCUT2D eigenvalue weighted by atomic mass is 35.5. The summed E-state index contributed by atoms with van der Waals surface area (Å²) in [6.45, 7) is 0.287. The van der Waals surface area contributed by atoms with Crippen molar-refractivity contribution < 1.29 is 18.0 Å². The molecule has 1 aliphatic heterocycles. The van der Waals surface area contributed by atoms with Crippen molar-refractivity contribution >= 4 is 39.1 Å². The number of anilines is 1. The summed E-state index contributed by atoms with van der Waals surface area (Å²) in [5.41, 5.74) is 0.473. The van der Waals surface area contributed by atoms with Gasteiger partial charge in [0.25, 0.3) is 0 Å². The fourth-order valence-corrected chi connectivity index (χ4v) is 4.66. The molecule has 9 heteroatoms. The van der Waals surface area contributed by atoms with Crippen molar-refractivity contribution in [1.29, 1.82) is 0 Å². The van der Waals surface area contributed by atoms with E-state index in [0.29, 0.717) is 10.7 Å². The Balaban J connectivity index is 1.80. The summed E-state index contributed by atoms with van der Waals surface area (Å²) in [6, 6.07) is 13.3. The molecule has 1 heterocycles. The normalized spacial score (nSPS) is 18.0. The molecule has 1 atom stereocenters. The van der Waals surface area contributed by atoms with Gasteiger partial charge in [-0.15, -0.1) is 0 Å². The number of nitrogens with zero attached hydrogens (tertiary/aromatic N) is 1. The number of carbonyl (C=O) groups excluding carboxylic acids is 2. The third kappa shape index (κ3) is 4.47. The van der Waals surface area contributed by atoms with Gasteiger partial charge in [0.2, 0.25) is 21.8 Å². The molecule has 0 aliphatic carbocycles. The van der Waals surface area contributed by atoms with Crippen molar-refractivity contribution in [2.75, 3.05) is 18.4 Å². The highest BCUT2D eigenvalue weighted by Gasteiger charge is 2.39. The van der Waals surface area contributed by atoms with Gasteiger partial charge in [0.1, 0.15) is 6.04 Å². The van der Waals surface area contributed by atoms with Gasteiger partial charge in [-0.1, -0.05) is 35.9 Å². The average molecular weight is 408 g/mol. The molecule has 27 heavy (non-hydrogen) atoms. The summed E-state index contributed by atoms with van der Waals surface area (Å²) in [6.07, 6.45) is -0.301. The molecule has 2 N–H and O–H groups in total. The Bertz CT molecular complexity index is 950. The molecule has 0 bridgehead atoms. The van der Waals surface area contributed by atoms with E-state index < -0.39 is 27.9 Å². The van der Waals surface area contributed by atoms with E-state index in [1.165, 1.54) is 12.1 Å². The lowest BCUT2D eigenvalue weighted by Gasteiger charge is -2.33. The molecule has 2 aromatic carbocycles. The highest BCUT2D eigenvalue weighted by molar-refractivity contribution is 7.89. The number of halogens is 1. The first kappa shape index (κ1) is 19.3. The highest BCUT2D eigenvalue weighted by Crippen LogP contribution is 2.22. The Labute approximate surface area is 162 Å². The summed E-state index contributed by atoms with van der Waals surface area (Å²) in [5.74, 6) is -0.977. The standard InChI is InChI=1S/C18H18ClN3O4S/c19-13-5-4-6-14(11-13)21-17(23)12-16-18(24)20-9-10-22(16)27(25,26)15-7-2-1-3-8-15/h1-8,11,16H,9-10,12H2,(H,20,24)(H,21,23). The largest absolute Gasteiger partial charge is 0.353 e. The van der Waals surface area contributed by atoms with E-state index in [1.807, 2.05) is 0 Å². The summed E-state index contributed by atoms with van der Waals surface area (Å²) in [4.78, 5) is 24.8. The van der Waals surface area contributed by atoms with Crippen molar-refractivity contribution in [3.63, 3.8) is 0 Å². The fraction of sp³-hybridized carbons (Fsp3) is 0.222. The smallest absolute Gasteiger partial charge is 0.243 e. The van der Waals surface area contributed by atoms with Gasteiger partial charge in [0.15, 0.2) is 0 Å². The maximum Gasteiger partial charge on any atom is 0.243 e. The van der Waals surface area contributed by atoms with Gasteiger partial charge in [0, 0.05) is 23.8 Å². The first-order chi connectivity index (χ1) is 12.9. The lowest BCUT2D eigenvalue weighted by Crippen LogP contribution is -2.57. The van der Waals surface area contributed by atoms with Gasteiger partial charge in [-0.3, -0.25) is 9.59 Å². The number of hydrogen-bond donors (Lipinski definition) is 2. The second-order valence-corrected chi connectivity index (χ2v) is 8.33. The van der Waals surface area contributed by atoms with E-state index in [-0.39, 0.29) is 24.4 Å². The molecule has 2 aromatic rings. The number of benzene rings is 2. The molecule has 1 fully saturated rings. The minimum atomic E-state index is -3.90. The zero-order valence-corrected chi connectivity index (χ0v) is 15.8. The molecule has 2 amide bonds. The lowest BCUT2D eigenvalue weighted by atomic mass is 10.1. The first-order valence-corrected chi connectivity index (χ1v) is 10.1. The minimum absolute atomic E-state index is 0.0833. The molecular weight excluding hydrogens is 390 g/mol. The predicted molar refractivity (Wildman–Crippen MR) is 102 cm³/mol. The second kappa shape index (κ2) is 8.08. The first-order valence-electron chi connectivity index (χ1n) is 8.28. The number of amides is 2. The van der Waals surface area contributed by atoms with Crippen LogP contribution in [0.15, 0.2) is 59.5 Å². The van der Waals surface area contributed by atoms with Crippen LogP contribution in [-0.4, -0.2) is 43.7 Å².